The molecule has 1 aromatic carbocycles. The van der Waals surface area contributed by atoms with Gasteiger partial charge in [-0.25, -0.2) is 0 Å². The molecule has 0 aromatic heterocycles. The standard InChI is InChI=1S/C16H23BrN2O2/c17-14-2-1-3-15(12-14)21-11-10-19-16(20)5-4-13-6-8-18-9-7-13/h1-3,12-13,18H,4-11H2,(H,19,20). The van der Waals surface area contributed by atoms with Gasteiger partial charge in [-0.3, -0.25) is 4.79 Å². The first-order valence-electron chi connectivity index (χ1n) is 7.60. The topological polar surface area (TPSA) is 50.4 Å². The van der Waals surface area contributed by atoms with Gasteiger partial charge >= 0.3 is 0 Å². The molecule has 2 rings (SSSR count). The van der Waals surface area contributed by atoms with Crippen LogP contribution in [0.4, 0.5) is 0 Å². The maximum atomic E-state index is 11.8. The third kappa shape index (κ3) is 6.48. The van der Waals surface area contributed by atoms with Crippen LogP contribution in [-0.4, -0.2) is 32.1 Å². The summed E-state index contributed by atoms with van der Waals surface area (Å²) in [5.74, 6) is 1.65. The Bertz CT molecular complexity index is 448. The number of carbonyl (C=O) groups is 1. The SMILES string of the molecule is O=C(CCC1CCNCC1)NCCOc1cccc(Br)c1. The van der Waals surface area contributed by atoms with Gasteiger partial charge in [0.2, 0.25) is 5.91 Å². The predicted molar refractivity (Wildman–Crippen MR) is 87.5 cm³/mol. The molecule has 1 aliphatic heterocycles. The largest absolute Gasteiger partial charge is 0.492 e. The number of rotatable bonds is 7. The second-order valence-electron chi connectivity index (χ2n) is 5.39. The molecule has 1 saturated heterocycles. The summed E-state index contributed by atoms with van der Waals surface area (Å²) in [6, 6.07) is 7.70. The molecule has 4 nitrogen and oxygen atoms in total. The highest BCUT2D eigenvalue weighted by Crippen LogP contribution is 2.18. The smallest absolute Gasteiger partial charge is 0.220 e. The summed E-state index contributed by atoms with van der Waals surface area (Å²) in [6.45, 7) is 3.23. The minimum Gasteiger partial charge on any atom is -0.492 e. The van der Waals surface area contributed by atoms with Crippen molar-refractivity contribution in [3.05, 3.63) is 28.7 Å². The summed E-state index contributed by atoms with van der Waals surface area (Å²) < 4.78 is 6.57. The fourth-order valence-corrected chi connectivity index (χ4v) is 2.89. The van der Waals surface area contributed by atoms with Gasteiger partial charge in [0.05, 0.1) is 6.54 Å². The van der Waals surface area contributed by atoms with Gasteiger partial charge in [-0.2, -0.15) is 0 Å². The number of nitrogens with one attached hydrogen (secondary N) is 2. The summed E-state index contributed by atoms with van der Waals surface area (Å²) in [7, 11) is 0. The van der Waals surface area contributed by atoms with Gasteiger partial charge in [0, 0.05) is 10.9 Å². The lowest BCUT2D eigenvalue weighted by atomic mass is 9.93. The second-order valence-corrected chi connectivity index (χ2v) is 6.30. The molecule has 0 radical (unpaired) electrons. The van der Waals surface area contributed by atoms with Crippen LogP contribution in [0.25, 0.3) is 0 Å². The van der Waals surface area contributed by atoms with Crippen LogP contribution >= 0.6 is 15.9 Å². The van der Waals surface area contributed by atoms with Crippen molar-refractivity contribution in [2.45, 2.75) is 25.7 Å². The number of hydrogen-bond donors (Lipinski definition) is 2. The minimum atomic E-state index is 0.131. The molecular formula is C16H23BrN2O2. The molecule has 0 aliphatic carbocycles. The van der Waals surface area contributed by atoms with Crippen LogP contribution < -0.4 is 15.4 Å². The molecule has 1 aliphatic rings. The van der Waals surface area contributed by atoms with Crippen molar-refractivity contribution in [2.24, 2.45) is 5.92 Å². The maximum absolute atomic E-state index is 11.8. The van der Waals surface area contributed by atoms with E-state index in [1.165, 1.54) is 12.8 Å². The monoisotopic (exact) mass is 354 g/mol. The number of benzene rings is 1. The summed E-state index contributed by atoms with van der Waals surface area (Å²) in [5, 5.41) is 6.26. The summed E-state index contributed by atoms with van der Waals surface area (Å²) in [4.78, 5) is 11.8. The Hall–Kier alpha value is -1.07. The molecule has 2 N–H and O–H groups in total. The number of piperidine rings is 1. The Morgan fingerprint density at radius 3 is 2.95 bits per heavy atom. The van der Waals surface area contributed by atoms with E-state index in [0.717, 1.165) is 29.7 Å². The van der Waals surface area contributed by atoms with Gasteiger partial charge in [-0.1, -0.05) is 22.0 Å². The normalized spacial score (nSPS) is 15.7. The molecule has 0 bridgehead atoms. The maximum Gasteiger partial charge on any atom is 0.220 e. The van der Waals surface area contributed by atoms with Gasteiger partial charge in [0.1, 0.15) is 12.4 Å². The van der Waals surface area contributed by atoms with Crippen LogP contribution in [0.5, 0.6) is 5.75 Å². The lowest BCUT2D eigenvalue weighted by Crippen LogP contribution is -2.30. The third-order valence-corrected chi connectivity index (χ3v) is 4.22. The van der Waals surface area contributed by atoms with Crippen molar-refractivity contribution in [1.82, 2.24) is 10.6 Å². The zero-order chi connectivity index (χ0) is 14.9. The summed E-state index contributed by atoms with van der Waals surface area (Å²) >= 11 is 3.40. The highest BCUT2D eigenvalue weighted by atomic mass is 79.9. The van der Waals surface area contributed by atoms with Gasteiger partial charge in [-0.15, -0.1) is 0 Å². The molecule has 5 heteroatoms. The van der Waals surface area contributed by atoms with E-state index in [1.54, 1.807) is 0 Å². The zero-order valence-corrected chi connectivity index (χ0v) is 13.8. The average Bonchev–Trinajstić information content (AvgIpc) is 2.51. The molecular weight excluding hydrogens is 332 g/mol. The molecule has 1 aromatic rings. The first-order valence-corrected chi connectivity index (χ1v) is 8.39. The number of ether oxygens (including phenoxy) is 1. The van der Waals surface area contributed by atoms with Crippen LogP contribution in [0.1, 0.15) is 25.7 Å². The fraction of sp³-hybridized carbons (Fsp3) is 0.562. The van der Waals surface area contributed by atoms with E-state index < -0.39 is 0 Å². The molecule has 0 saturated carbocycles. The van der Waals surface area contributed by atoms with Gasteiger partial charge in [0.25, 0.3) is 0 Å². The lowest BCUT2D eigenvalue weighted by molar-refractivity contribution is -0.121. The zero-order valence-electron chi connectivity index (χ0n) is 12.2. The highest BCUT2D eigenvalue weighted by Gasteiger charge is 2.14. The molecule has 1 amide bonds. The quantitative estimate of drug-likeness (QED) is 0.740. The van der Waals surface area contributed by atoms with Crippen molar-refractivity contribution in [1.29, 1.82) is 0 Å². The van der Waals surface area contributed by atoms with Crippen molar-refractivity contribution in [3.63, 3.8) is 0 Å². The molecule has 0 atom stereocenters. The Labute approximate surface area is 134 Å². The van der Waals surface area contributed by atoms with Crippen molar-refractivity contribution >= 4 is 21.8 Å². The Morgan fingerprint density at radius 1 is 1.38 bits per heavy atom. The molecule has 21 heavy (non-hydrogen) atoms. The van der Waals surface area contributed by atoms with Crippen molar-refractivity contribution < 1.29 is 9.53 Å². The van der Waals surface area contributed by atoms with Crippen LogP contribution in [0.3, 0.4) is 0 Å². The van der Waals surface area contributed by atoms with Crippen LogP contribution in [-0.2, 0) is 4.79 Å². The van der Waals surface area contributed by atoms with E-state index >= 15 is 0 Å². The Balaban J connectivity index is 1.54. The van der Waals surface area contributed by atoms with Crippen molar-refractivity contribution in [2.75, 3.05) is 26.2 Å². The van der Waals surface area contributed by atoms with E-state index in [2.05, 4.69) is 26.6 Å². The first kappa shape index (κ1) is 16.3. The average molecular weight is 355 g/mol. The van der Waals surface area contributed by atoms with E-state index in [-0.39, 0.29) is 5.91 Å². The van der Waals surface area contributed by atoms with E-state index in [4.69, 9.17) is 4.74 Å². The number of hydrogen-bond acceptors (Lipinski definition) is 3. The number of halogens is 1. The van der Waals surface area contributed by atoms with Gasteiger partial charge in [-0.05, 0) is 56.5 Å². The molecule has 0 unspecified atom stereocenters. The lowest BCUT2D eigenvalue weighted by Gasteiger charge is -2.22. The number of amides is 1. The molecule has 116 valence electrons. The second kappa shape index (κ2) is 9.05. The minimum absolute atomic E-state index is 0.131. The molecule has 0 spiro atoms. The molecule has 1 fully saturated rings. The van der Waals surface area contributed by atoms with E-state index in [0.29, 0.717) is 25.5 Å². The van der Waals surface area contributed by atoms with E-state index in [1.807, 2.05) is 24.3 Å². The number of carbonyl (C=O) groups excluding carboxylic acids is 1. The van der Waals surface area contributed by atoms with Gasteiger partial charge in [0.15, 0.2) is 0 Å². The molecule has 1 heterocycles. The van der Waals surface area contributed by atoms with Crippen LogP contribution in [0, 0.1) is 5.92 Å². The third-order valence-electron chi connectivity index (χ3n) is 3.73. The Morgan fingerprint density at radius 2 is 2.19 bits per heavy atom. The van der Waals surface area contributed by atoms with Crippen LogP contribution in [0.2, 0.25) is 0 Å². The van der Waals surface area contributed by atoms with E-state index in [9.17, 15) is 4.79 Å². The summed E-state index contributed by atoms with van der Waals surface area (Å²) in [5.41, 5.74) is 0. The van der Waals surface area contributed by atoms with Gasteiger partial charge < -0.3 is 15.4 Å². The Kier molecular flexibility index (Phi) is 7.03. The first-order chi connectivity index (χ1) is 10.2. The van der Waals surface area contributed by atoms with Crippen LogP contribution in [0.15, 0.2) is 28.7 Å². The highest BCUT2D eigenvalue weighted by molar-refractivity contribution is 9.10. The predicted octanol–water partition coefficient (Wildman–Crippen LogP) is 2.72. The fourth-order valence-electron chi connectivity index (χ4n) is 2.51. The van der Waals surface area contributed by atoms with Crippen molar-refractivity contribution in [3.8, 4) is 5.75 Å². The summed E-state index contributed by atoms with van der Waals surface area (Å²) in [6.07, 6.45) is 4.01.